The van der Waals surface area contributed by atoms with Crippen LogP contribution in [0.1, 0.15) is 11.1 Å². The number of aromatic nitrogens is 1. The molecule has 0 aliphatic carbocycles. The number of nitriles is 1. The number of aromatic hydroxyl groups is 1. The van der Waals surface area contributed by atoms with Crippen LogP contribution < -0.4 is 5.73 Å². The molecule has 0 aliphatic heterocycles. The van der Waals surface area contributed by atoms with Gasteiger partial charge in [-0.25, -0.2) is 4.98 Å². The van der Waals surface area contributed by atoms with Gasteiger partial charge in [0.05, 0.1) is 5.69 Å². The molecule has 0 unspecified atom stereocenters. The Morgan fingerprint density at radius 3 is 2.64 bits per heavy atom. The molecule has 122 valence electrons. The topological polar surface area (TPSA) is 103 Å². The van der Waals surface area contributed by atoms with E-state index in [-0.39, 0.29) is 18.2 Å². The number of anilines is 1. The van der Waals surface area contributed by atoms with E-state index < -0.39 is 0 Å². The van der Waals surface area contributed by atoms with Crippen LogP contribution in [0.3, 0.4) is 0 Å². The Morgan fingerprint density at radius 1 is 1.20 bits per heavy atom. The van der Waals surface area contributed by atoms with Gasteiger partial charge in [0, 0.05) is 26.9 Å². The lowest BCUT2D eigenvalue weighted by molar-refractivity contribution is 0.350. The maximum Gasteiger partial charge on any atom is 0.142 e. The number of rotatable bonds is 2. The van der Waals surface area contributed by atoms with Gasteiger partial charge in [0.2, 0.25) is 0 Å². The number of benzene rings is 1. The zero-order chi connectivity index (χ0) is 17.8. The van der Waals surface area contributed by atoms with Gasteiger partial charge in [0.15, 0.2) is 0 Å². The standard InChI is InChI=1S/C19H13N3O2S/c20-10-16-15(18-8-12(11-25-18)2-1-7-23)9-17(22-19(16)21)13-3-5-14(24)6-4-13/h3-6,8-9,11,23-24H,7H2,(H2,21,22). The minimum Gasteiger partial charge on any atom is -0.508 e. The molecule has 0 saturated carbocycles. The van der Waals surface area contributed by atoms with Crippen LogP contribution >= 0.6 is 11.3 Å². The van der Waals surface area contributed by atoms with E-state index in [0.717, 1.165) is 16.0 Å². The first kappa shape index (κ1) is 16.5. The molecule has 0 radical (unpaired) electrons. The minimum atomic E-state index is -0.207. The summed E-state index contributed by atoms with van der Waals surface area (Å²) in [4.78, 5) is 5.14. The number of hydrogen-bond acceptors (Lipinski definition) is 6. The first-order chi connectivity index (χ1) is 12.1. The monoisotopic (exact) mass is 347 g/mol. The number of thiophene rings is 1. The smallest absolute Gasteiger partial charge is 0.142 e. The second-order valence-corrected chi connectivity index (χ2v) is 6.04. The van der Waals surface area contributed by atoms with Crippen LogP contribution in [-0.2, 0) is 0 Å². The van der Waals surface area contributed by atoms with Crippen LogP contribution in [0.2, 0.25) is 0 Å². The Labute approximate surface area is 148 Å². The van der Waals surface area contributed by atoms with Crippen molar-refractivity contribution in [2.45, 2.75) is 0 Å². The third-order valence-corrected chi connectivity index (χ3v) is 4.46. The molecule has 0 atom stereocenters. The van der Waals surface area contributed by atoms with Gasteiger partial charge in [-0.05, 0) is 36.4 Å². The van der Waals surface area contributed by atoms with Crippen LogP contribution in [0.5, 0.6) is 5.75 Å². The van der Waals surface area contributed by atoms with E-state index in [1.54, 1.807) is 30.3 Å². The number of aliphatic hydroxyl groups is 1. The predicted molar refractivity (Wildman–Crippen MR) is 97.7 cm³/mol. The van der Waals surface area contributed by atoms with Gasteiger partial charge in [-0.15, -0.1) is 11.3 Å². The van der Waals surface area contributed by atoms with Crippen LogP contribution in [0, 0.1) is 23.2 Å². The van der Waals surface area contributed by atoms with E-state index in [4.69, 9.17) is 10.8 Å². The summed E-state index contributed by atoms with van der Waals surface area (Å²) in [6.07, 6.45) is 0. The highest BCUT2D eigenvalue weighted by Crippen LogP contribution is 2.35. The second-order valence-electron chi connectivity index (χ2n) is 5.13. The number of nitrogens with zero attached hydrogens (tertiary/aromatic N) is 2. The lowest BCUT2D eigenvalue weighted by Crippen LogP contribution is -1.99. The second kappa shape index (κ2) is 7.06. The van der Waals surface area contributed by atoms with Crippen molar-refractivity contribution in [3.8, 4) is 45.4 Å². The van der Waals surface area contributed by atoms with E-state index in [1.807, 2.05) is 11.4 Å². The summed E-state index contributed by atoms with van der Waals surface area (Å²) in [5.74, 6) is 5.76. The molecule has 0 amide bonds. The van der Waals surface area contributed by atoms with Crippen molar-refractivity contribution in [3.05, 3.63) is 52.9 Å². The molecule has 4 N–H and O–H groups in total. The van der Waals surface area contributed by atoms with E-state index in [0.29, 0.717) is 16.8 Å². The van der Waals surface area contributed by atoms with Crippen molar-refractivity contribution in [1.29, 1.82) is 5.26 Å². The van der Waals surface area contributed by atoms with Crippen molar-refractivity contribution in [3.63, 3.8) is 0 Å². The number of nitrogen functional groups attached to an aromatic ring is 1. The normalized spacial score (nSPS) is 9.92. The number of phenolic OH excluding ortho intramolecular Hbond substituents is 1. The molecule has 3 rings (SSSR count). The molecule has 5 nitrogen and oxygen atoms in total. The summed E-state index contributed by atoms with van der Waals surface area (Å²) in [5, 5.41) is 29.5. The summed E-state index contributed by atoms with van der Waals surface area (Å²) >= 11 is 1.44. The predicted octanol–water partition coefficient (Wildman–Crippen LogP) is 2.98. The number of phenols is 1. The summed E-state index contributed by atoms with van der Waals surface area (Å²) in [5.41, 5.74) is 9.14. The molecule has 2 aromatic heterocycles. The lowest BCUT2D eigenvalue weighted by Gasteiger charge is -2.08. The molecule has 0 fully saturated rings. The summed E-state index contributed by atoms with van der Waals surface area (Å²) < 4.78 is 0. The number of pyridine rings is 1. The molecule has 0 aliphatic rings. The van der Waals surface area contributed by atoms with Gasteiger partial charge in [-0.2, -0.15) is 5.26 Å². The van der Waals surface area contributed by atoms with Crippen molar-refractivity contribution in [1.82, 2.24) is 4.98 Å². The third kappa shape index (κ3) is 3.46. The fourth-order valence-corrected chi connectivity index (χ4v) is 3.21. The highest BCUT2D eigenvalue weighted by atomic mass is 32.1. The summed E-state index contributed by atoms with van der Waals surface area (Å²) in [6, 6.07) is 12.4. The average molecular weight is 347 g/mol. The van der Waals surface area contributed by atoms with Crippen LogP contribution in [0.4, 0.5) is 5.82 Å². The van der Waals surface area contributed by atoms with E-state index >= 15 is 0 Å². The molecule has 0 saturated heterocycles. The van der Waals surface area contributed by atoms with Crippen LogP contribution in [0.25, 0.3) is 21.7 Å². The van der Waals surface area contributed by atoms with Gasteiger partial charge >= 0.3 is 0 Å². The fourth-order valence-electron chi connectivity index (χ4n) is 2.34. The van der Waals surface area contributed by atoms with Crippen LogP contribution in [0.15, 0.2) is 41.8 Å². The maximum absolute atomic E-state index is 9.45. The SMILES string of the molecule is N#Cc1c(-c2cc(C#CCO)cs2)cc(-c2ccc(O)cc2)nc1N. The summed E-state index contributed by atoms with van der Waals surface area (Å²) in [7, 11) is 0. The molecule has 1 aromatic carbocycles. The minimum absolute atomic E-state index is 0.152. The van der Waals surface area contributed by atoms with Gasteiger partial charge < -0.3 is 15.9 Å². The average Bonchev–Trinajstić information content (AvgIpc) is 3.08. The number of hydrogen-bond donors (Lipinski definition) is 3. The largest absolute Gasteiger partial charge is 0.508 e. The fraction of sp³-hybridized carbons (Fsp3) is 0.0526. The first-order valence-corrected chi connectivity index (χ1v) is 8.19. The Hall–Kier alpha value is -3.32. The van der Waals surface area contributed by atoms with E-state index in [1.165, 1.54) is 11.3 Å². The van der Waals surface area contributed by atoms with Crippen LogP contribution in [-0.4, -0.2) is 21.8 Å². The quantitative estimate of drug-likeness (QED) is 0.618. The summed E-state index contributed by atoms with van der Waals surface area (Å²) in [6.45, 7) is -0.207. The Kier molecular flexibility index (Phi) is 4.67. The van der Waals surface area contributed by atoms with Crippen molar-refractivity contribution in [2.75, 3.05) is 12.3 Å². The molecule has 0 spiro atoms. The van der Waals surface area contributed by atoms with Crippen molar-refractivity contribution >= 4 is 17.2 Å². The van der Waals surface area contributed by atoms with Gasteiger partial charge in [-0.1, -0.05) is 11.8 Å². The third-order valence-electron chi connectivity index (χ3n) is 3.50. The zero-order valence-electron chi connectivity index (χ0n) is 13.0. The van der Waals surface area contributed by atoms with Gasteiger partial charge in [-0.3, -0.25) is 0 Å². The molecular formula is C19H13N3O2S. The molecule has 25 heavy (non-hydrogen) atoms. The maximum atomic E-state index is 9.45. The number of aliphatic hydroxyl groups excluding tert-OH is 1. The molecule has 2 heterocycles. The molecule has 3 aromatic rings. The molecule has 6 heteroatoms. The van der Waals surface area contributed by atoms with Gasteiger partial charge in [0.25, 0.3) is 0 Å². The molecular weight excluding hydrogens is 334 g/mol. The van der Waals surface area contributed by atoms with E-state index in [2.05, 4.69) is 22.9 Å². The highest BCUT2D eigenvalue weighted by Gasteiger charge is 2.15. The van der Waals surface area contributed by atoms with Crippen molar-refractivity contribution in [2.24, 2.45) is 0 Å². The van der Waals surface area contributed by atoms with E-state index in [9.17, 15) is 10.4 Å². The Bertz CT molecular complexity index is 1020. The van der Waals surface area contributed by atoms with Gasteiger partial charge in [0.1, 0.15) is 29.8 Å². The highest BCUT2D eigenvalue weighted by molar-refractivity contribution is 7.13. The zero-order valence-corrected chi connectivity index (χ0v) is 13.8. The number of nitrogens with two attached hydrogens (primary N) is 1. The van der Waals surface area contributed by atoms with Crippen molar-refractivity contribution < 1.29 is 10.2 Å². The molecule has 0 bridgehead atoms. The Morgan fingerprint density at radius 2 is 1.96 bits per heavy atom. The Balaban J connectivity index is 2.13. The first-order valence-electron chi connectivity index (χ1n) is 7.31. The lowest BCUT2D eigenvalue weighted by atomic mass is 10.0.